The van der Waals surface area contributed by atoms with Gasteiger partial charge in [0.15, 0.2) is 0 Å². The lowest BCUT2D eigenvalue weighted by Crippen LogP contribution is -2.18. The third kappa shape index (κ3) is 2.05. The minimum Gasteiger partial charge on any atom is -0.477 e. The van der Waals surface area contributed by atoms with Crippen LogP contribution in [0.1, 0.15) is 9.67 Å². The van der Waals surface area contributed by atoms with E-state index in [1.165, 1.54) is 0 Å². The SMILES string of the molecule is O=C(O)c1cc2c3ccccc3c(=O)n(-c3ccccc3)c2s1. The number of carbonyl (C=O) groups is 1. The minimum absolute atomic E-state index is 0.141. The van der Waals surface area contributed by atoms with Crippen LogP contribution in [0.2, 0.25) is 0 Å². The van der Waals surface area contributed by atoms with Gasteiger partial charge in [0.05, 0.1) is 5.69 Å². The normalized spacial score (nSPS) is 11.1. The van der Waals surface area contributed by atoms with Crippen molar-refractivity contribution in [2.24, 2.45) is 0 Å². The lowest BCUT2D eigenvalue weighted by atomic mass is 10.1. The molecule has 0 fully saturated rings. The molecule has 0 radical (unpaired) electrons. The summed E-state index contributed by atoms with van der Waals surface area (Å²) in [5.41, 5.74) is 0.588. The third-order valence-corrected chi connectivity index (χ3v) is 4.90. The molecule has 5 heteroatoms. The van der Waals surface area contributed by atoms with E-state index < -0.39 is 5.97 Å². The van der Waals surface area contributed by atoms with Crippen LogP contribution in [0.5, 0.6) is 0 Å². The second-order valence-corrected chi connectivity index (χ2v) is 6.19. The molecular weight excluding hydrogens is 310 g/mol. The molecule has 0 bridgehead atoms. The summed E-state index contributed by atoms with van der Waals surface area (Å²) in [4.78, 5) is 25.2. The highest BCUT2D eigenvalue weighted by atomic mass is 32.1. The van der Waals surface area contributed by atoms with Crippen LogP contribution >= 0.6 is 11.3 Å². The molecule has 0 atom stereocenters. The van der Waals surface area contributed by atoms with Gasteiger partial charge in [-0.15, -0.1) is 11.3 Å². The molecule has 0 spiro atoms. The van der Waals surface area contributed by atoms with Gasteiger partial charge in [-0.25, -0.2) is 4.79 Å². The number of fused-ring (bicyclic) bond motifs is 3. The highest BCUT2D eigenvalue weighted by Gasteiger charge is 2.17. The summed E-state index contributed by atoms with van der Waals surface area (Å²) in [6.07, 6.45) is 0. The van der Waals surface area contributed by atoms with E-state index in [4.69, 9.17) is 0 Å². The second-order valence-electron chi connectivity index (χ2n) is 5.16. The molecule has 0 aliphatic rings. The Hall–Kier alpha value is -2.92. The first kappa shape index (κ1) is 13.7. The molecule has 4 aromatic rings. The molecule has 0 aliphatic carbocycles. The number of carboxylic acids is 1. The topological polar surface area (TPSA) is 59.3 Å². The lowest BCUT2D eigenvalue weighted by Gasteiger charge is -2.09. The van der Waals surface area contributed by atoms with Crippen molar-refractivity contribution in [1.82, 2.24) is 4.57 Å². The summed E-state index contributed by atoms with van der Waals surface area (Å²) in [7, 11) is 0. The smallest absolute Gasteiger partial charge is 0.345 e. The maximum absolute atomic E-state index is 12.9. The Morgan fingerprint density at radius 3 is 2.26 bits per heavy atom. The Morgan fingerprint density at radius 2 is 1.57 bits per heavy atom. The largest absolute Gasteiger partial charge is 0.477 e. The van der Waals surface area contributed by atoms with Crippen LogP contribution in [0.25, 0.3) is 26.7 Å². The number of hydrogen-bond donors (Lipinski definition) is 1. The van der Waals surface area contributed by atoms with Crippen LogP contribution in [-0.4, -0.2) is 15.6 Å². The molecule has 2 aromatic heterocycles. The number of thiophene rings is 1. The van der Waals surface area contributed by atoms with Gasteiger partial charge in [-0.05, 0) is 29.7 Å². The zero-order valence-corrected chi connectivity index (χ0v) is 12.7. The predicted octanol–water partition coefficient (Wildman–Crippen LogP) is 3.90. The van der Waals surface area contributed by atoms with E-state index in [-0.39, 0.29) is 10.4 Å². The van der Waals surface area contributed by atoms with Crippen molar-refractivity contribution in [3.63, 3.8) is 0 Å². The quantitative estimate of drug-likeness (QED) is 0.609. The van der Waals surface area contributed by atoms with Gasteiger partial charge in [0.25, 0.3) is 5.56 Å². The standard InChI is InChI=1S/C18H11NO3S/c20-16-13-9-5-4-8-12(13)14-10-15(18(21)22)23-17(14)19(16)11-6-2-1-3-7-11/h1-10H,(H,21,22). The molecule has 0 aliphatic heterocycles. The molecule has 4 rings (SSSR count). The number of nitrogens with zero attached hydrogens (tertiary/aromatic N) is 1. The van der Waals surface area contributed by atoms with Crippen molar-refractivity contribution >= 4 is 38.3 Å². The summed E-state index contributed by atoms with van der Waals surface area (Å²) < 4.78 is 1.59. The van der Waals surface area contributed by atoms with Crippen LogP contribution in [-0.2, 0) is 0 Å². The average Bonchev–Trinajstić information content (AvgIpc) is 3.01. The number of pyridine rings is 1. The van der Waals surface area contributed by atoms with Gasteiger partial charge in [0, 0.05) is 10.8 Å². The number of rotatable bonds is 2. The molecule has 0 amide bonds. The third-order valence-electron chi connectivity index (χ3n) is 3.79. The van der Waals surface area contributed by atoms with Gasteiger partial charge >= 0.3 is 5.97 Å². The fraction of sp³-hybridized carbons (Fsp3) is 0. The van der Waals surface area contributed by atoms with E-state index in [2.05, 4.69) is 0 Å². The van der Waals surface area contributed by atoms with E-state index in [0.29, 0.717) is 10.2 Å². The number of para-hydroxylation sites is 1. The molecular formula is C18H11NO3S. The van der Waals surface area contributed by atoms with Gasteiger partial charge in [-0.1, -0.05) is 36.4 Å². The van der Waals surface area contributed by atoms with Crippen LogP contribution in [0.15, 0.2) is 65.5 Å². The molecule has 2 aromatic carbocycles. The van der Waals surface area contributed by atoms with Crippen LogP contribution < -0.4 is 5.56 Å². The Morgan fingerprint density at radius 1 is 0.913 bits per heavy atom. The predicted molar refractivity (Wildman–Crippen MR) is 91.9 cm³/mol. The number of hydrogen-bond acceptors (Lipinski definition) is 3. The minimum atomic E-state index is -0.984. The second kappa shape index (κ2) is 5.07. The van der Waals surface area contributed by atoms with E-state index >= 15 is 0 Å². The van der Waals surface area contributed by atoms with Gasteiger partial charge in [0.2, 0.25) is 0 Å². The first-order chi connectivity index (χ1) is 11.2. The van der Waals surface area contributed by atoms with E-state index in [1.54, 1.807) is 16.7 Å². The first-order valence-corrected chi connectivity index (χ1v) is 7.84. The summed E-state index contributed by atoms with van der Waals surface area (Å²) >= 11 is 1.12. The lowest BCUT2D eigenvalue weighted by molar-refractivity contribution is 0.0702. The van der Waals surface area contributed by atoms with Gasteiger partial charge in [-0.3, -0.25) is 9.36 Å². The fourth-order valence-electron chi connectivity index (χ4n) is 2.77. The zero-order valence-electron chi connectivity index (χ0n) is 11.9. The van der Waals surface area contributed by atoms with Crippen molar-refractivity contribution in [2.75, 3.05) is 0 Å². The highest BCUT2D eigenvalue weighted by molar-refractivity contribution is 7.20. The number of carboxylic acid groups (broad SMARTS) is 1. The zero-order chi connectivity index (χ0) is 16.0. The number of aromatic nitrogens is 1. The summed E-state index contributed by atoms with van der Waals surface area (Å²) in [5.74, 6) is -0.984. The molecule has 4 nitrogen and oxygen atoms in total. The van der Waals surface area contributed by atoms with Crippen molar-refractivity contribution in [2.45, 2.75) is 0 Å². The summed E-state index contributed by atoms with van der Waals surface area (Å²) in [5, 5.41) is 11.5. The average molecular weight is 321 g/mol. The summed E-state index contributed by atoms with van der Waals surface area (Å²) in [6, 6.07) is 18.2. The first-order valence-electron chi connectivity index (χ1n) is 7.03. The van der Waals surface area contributed by atoms with Crippen LogP contribution in [0, 0.1) is 0 Å². The molecule has 1 N–H and O–H groups in total. The molecule has 112 valence electrons. The van der Waals surface area contributed by atoms with Gasteiger partial charge in [0.1, 0.15) is 9.71 Å². The molecule has 0 unspecified atom stereocenters. The van der Waals surface area contributed by atoms with Crippen LogP contribution in [0.4, 0.5) is 0 Å². The van der Waals surface area contributed by atoms with Crippen molar-refractivity contribution in [3.8, 4) is 5.69 Å². The van der Waals surface area contributed by atoms with E-state index in [9.17, 15) is 14.7 Å². The fourth-order valence-corrected chi connectivity index (χ4v) is 3.81. The maximum Gasteiger partial charge on any atom is 0.345 e. The maximum atomic E-state index is 12.9. The number of aromatic carboxylic acids is 1. The van der Waals surface area contributed by atoms with E-state index in [1.807, 2.05) is 48.5 Å². The number of benzene rings is 2. The van der Waals surface area contributed by atoms with Crippen molar-refractivity contribution in [1.29, 1.82) is 0 Å². The Labute approximate surface area is 134 Å². The van der Waals surface area contributed by atoms with Crippen molar-refractivity contribution < 1.29 is 9.90 Å². The van der Waals surface area contributed by atoms with Crippen molar-refractivity contribution in [3.05, 3.63) is 75.9 Å². The Balaban J connectivity index is 2.25. The van der Waals surface area contributed by atoms with E-state index in [0.717, 1.165) is 27.8 Å². The Bertz CT molecular complexity index is 1110. The molecule has 23 heavy (non-hydrogen) atoms. The van der Waals surface area contributed by atoms with Gasteiger partial charge < -0.3 is 5.11 Å². The highest BCUT2D eigenvalue weighted by Crippen LogP contribution is 2.31. The van der Waals surface area contributed by atoms with Crippen LogP contribution in [0.3, 0.4) is 0 Å². The van der Waals surface area contributed by atoms with Gasteiger partial charge in [-0.2, -0.15) is 0 Å². The molecule has 0 saturated heterocycles. The molecule has 2 heterocycles. The monoisotopic (exact) mass is 321 g/mol. The Kier molecular flexibility index (Phi) is 3.02. The molecule has 0 saturated carbocycles. The summed E-state index contributed by atoms with van der Waals surface area (Å²) in [6.45, 7) is 0.